The summed E-state index contributed by atoms with van der Waals surface area (Å²) in [7, 11) is 0. The number of hydrogen-bond donors (Lipinski definition) is 1. The number of nitrogens with one attached hydrogen (secondary N) is 1. The maximum Gasteiger partial charge on any atom is 0.163 e. The van der Waals surface area contributed by atoms with Crippen LogP contribution >= 0.6 is 11.3 Å². The van der Waals surface area contributed by atoms with Gasteiger partial charge in [-0.2, -0.15) is 0 Å². The van der Waals surface area contributed by atoms with E-state index in [1.54, 1.807) is 11.3 Å². The molecule has 0 saturated carbocycles. The van der Waals surface area contributed by atoms with E-state index in [1.165, 1.54) is 4.88 Å². The van der Waals surface area contributed by atoms with Gasteiger partial charge in [-0.3, -0.25) is 0 Å². The van der Waals surface area contributed by atoms with Gasteiger partial charge in [0.25, 0.3) is 0 Å². The van der Waals surface area contributed by atoms with Gasteiger partial charge in [-0.15, -0.1) is 11.3 Å². The molecule has 3 nitrogen and oxygen atoms in total. The van der Waals surface area contributed by atoms with E-state index in [0.29, 0.717) is 19.3 Å². The smallest absolute Gasteiger partial charge is 0.163 e. The summed E-state index contributed by atoms with van der Waals surface area (Å²) in [6, 6.07) is 10.5. The molecule has 0 aliphatic carbocycles. The van der Waals surface area contributed by atoms with Crippen molar-refractivity contribution in [2.75, 3.05) is 18.5 Å². The summed E-state index contributed by atoms with van der Waals surface area (Å²) < 4.78 is 11.1. The third kappa shape index (κ3) is 2.29. The van der Waals surface area contributed by atoms with Crippen LogP contribution in [0.2, 0.25) is 0 Å². The van der Waals surface area contributed by atoms with Crippen LogP contribution < -0.4 is 14.8 Å². The molecule has 0 saturated heterocycles. The Morgan fingerprint density at radius 1 is 1.17 bits per heavy atom. The van der Waals surface area contributed by atoms with Gasteiger partial charge in [-0.05, 0) is 30.5 Å². The average molecular weight is 261 g/mol. The minimum Gasteiger partial charge on any atom is -0.486 e. The quantitative estimate of drug-likeness (QED) is 0.914. The first-order valence-electron chi connectivity index (χ1n) is 6.02. The SMILES string of the molecule is CC(Nc1ccc2c(c1)OCCO2)c1cccs1. The molecule has 1 aromatic heterocycles. The lowest BCUT2D eigenvalue weighted by atomic mass is 10.2. The lowest BCUT2D eigenvalue weighted by Gasteiger charge is -2.20. The molecule has 4 heteroatoms. The van der Waals surface area contributed by atoms with Crippen LogP contribution in [0.4, 0.5) is 5.69 Å². The molecule has 18 heavy (non-hydrogen) atoms. The fraction of sp³-hybridized carbons (Fsp3) is 0.286. The molecule has 3 rings (SSSR count). The lowest BCUT2D eigenvalue weighted by molar-refractivity contribution is 0.171. The summed E-state index contributed by atoms with van der Waals surface area (Å²) in [5.41, 5.74) is 1.06. The van der Waals surface area contributed by atoms with Gasteiger partial charge >= 0.3 is 0 Å². The second-order valence-corrected chi connectivity index (χ2v) is 5.22. The number of rotatable bonds is 3. The van der Waals surface area contributed by atoms with E-state index in [1.807, 2.05) is 18.2 Å². The predicted molar refractivity (Wildman–Crippen MR) is 73.8 cm³/mol. The fourth-order valence-electron chi connectivity index (χ4n) is 1.99. The van der Waals surface area contributed by atoms with Crippen LogP contribution in [0, 0.1) is 0 Å². The van der Waals surface area contributed by atoms with Crippen molar-refractivity contribution in [3.05, 3.63) is 40.6 Å². The summed E-state index contributed by atoms with van der Waals surface area (Å²) in [6.45, 7) is 3.41. The molecule has 0 spiro atoms. The van der Waals surface area contributed by atoms with Crippen molar-refractivity contribution in [2.45, 2.75) is 13.0 Å². The van der Waals surface area contributed by atoms with Gasteiger partial charge in [0, 0.05) is 16.6 Å². The molecule has 0 amide bonds. The van der Waals surface area contributed by atoms with Gasteiger partial charge < -0.3 is 14.8 Å². The number of benzene rings is 1. The summed E-state index contributed by atoms with van der Waals surface area (Å²) >= 11 is 1.76. The van der Waals surface area contributed by atoms with E-state index in [4.69, 9.17) is 9.47 Å². The van der Waals surface area contributed by atoms with Gasteiger partial charge in [-0.25, -0.2) is 0 Å². The Labute approximate surface area is 110 Å². The molecule has 1 N–H and O–H groups in total. The first kappa shape index (κ1) is 11.4. The standard InChI is InChI=1S/C14H15NO2S/c1-10(14-3-2-8-18-14)15-11-4-5-12-13(9-11)17-7-6-16-12/h2-5,8-10,15H,6-7H2,1H3. The van der Waals surface area contributed by atoms with Gasteiger partial charge in [0.05, 0.1) is 6.04 Å². The molecular formula is C14H15NO2S. The normalized spacial score (nSPS) is 15.2. The average Bonchev–Trinajstić information content (AvgIpc) is 2.92. The zero-order valence-corrected chi connectivity index (χ0v) is 11.0. The third-order valence-corrected chi connectivity index (χ3v) is 3.95. The number of fused-ring (bicyclic) bond motifs is 1. The summed E-state index contributed by atoms with van der Waals surface area (Å²) in [6.07, 6.45) is 0. The maximum absolute atomic E-state index is 5.57. The molecule has 2 heterocycles. The van der Waals surface area contributed by atoms with Crippen LogP contribution in [-0.4, -0.2) is 13.2 Å². The number of ether oxygens (including phenoxy) is 2. The Kier molecular flexibility index (Phi) is 3.11. The maximum atomic E-state index is 5.57. The zero-order chi connectivity index (χ0) is 12.4. The van der Waals surface area contributed by atoms with E-state index in [0.717, 1.165) is 17.2 Å². The van der Waals surface area contributed by atoms with Crippen LogP contribution in [0.3, 0.4) is 0 Å². The van der Waals surface area contributed by atoms with E-state index in [2.05, 4.69) is 29.8 Å². The first-order chi connectivity index (χ1) is 8.83. The number of anilines is 1. The molecule has 2 aromatic rings. The van der Waals surface area contributed by atoms with E-state index in [9.17, 15) is 0 Å². The second kappa shape index (κ2) is 4.90. The molecule has 1 aromatic carbocycles. The summed E-state index contributed by atoms with van der Waals surface area (Å²) in [4.78, 5) is 1.32. The molecule has 1 aliphatic heterocycles. The fourth-order valence-corrected chi connectivity index (χ4v) is 2.73. The Bertz CT molecular complexity index is 525. The minimum absolute atomic E-state index is 0.299. The highest BCUT2D eigenvalue weighted by Gasteiger charge is 2.13. The van der Waals surface area contributed by atoms with Crippen molar-refractivity contribution in [1.29, 1.82) is 0 Å². The highest BCUT2D eigenvalue weighted by molar-refractivity contribution is 7.10. The van der Waals surface area contributed by atoms with E-state index < -0.39 is 0 Å². The van der Waals surface area contributed by atoms with Gasteiger partial charge in [-0.1, -0.05) is 6.07 Å². The first-order valence-corrected chi connectivity index (χ1v) is 6.90. The molecular weight excluding hydrogens is 246 g/mol. The van der Waals surface area contributed by atoms with Crippen molar-refractivity contribution in [3.63, 3.8) is 0 Å². The van der Waals surface area contributed by atoms with Gasteiger partial charge in [0.1, 0.15) is 13.2 Å². The molecule has 0 radical (unpaired) electrons. The Morgan fingerprint density at radius 2 is 2.00 bits per heavy atom. The Balaban J connectivity index is 1.77. The zero-order valence-electron chi connectivity index (χ0n) is 10.2. The largest absolute Gasteiger partial charge is 0.486 e. The predicted octanol–water partition coefficient (Wildman–Crippen LogP) is 3.69. The molecule has 0 fully saturated rings. The third-order valence-electron chi connectivity index (χ3n) is 2.90. The van der Waals surface area contributed by atoms with Crippen LogP contribution in [0.25, 0.3) is 0 Å². The second-order valence-electron chi connectivity index (χ2n) is 4.24. The monoisotopic (exact) mass is 261 g/mol. The number of hydrogen-bond acceptors (Lipinski definition) is 4. The number of thiophene rings is 1. The van der Waals surface area contributed by atoms with E-state index >= 15 is 0 Å². The van der Waals surface area contributed by atoms with Crippen LogP contribution in [0.15, 0.2) is 35.7 Å². The molecule has 1 aliphatic rings. The van der Waals surface area contributed by atoms with Crippen molar-refractivity contribution in [1.82, 2.24) is 0 Å². The van der Waals surface area contributed by atoms with Crippen LogP contribution in [0.5, 0.6) is 11.5 Å². The van der Waals surface area contributed by atoms with Gasteiger partial charge in [0.15, 0.2) is 11.5 Å². The van der Waals surface area contributed by atoms with Gasteiger partial charge in [0.2, 0.25) is 0 Å². The highest BCUT2D eigenvalue weighted by atomic mass is 32.1. The molecule has 94 valence electrons. The molecule has 0 bridgehead atoms. The minimum atomic E-state index is 0.299. The Hall–Kier alpha value is -1.68. The highest BCUT2D eigenvalue weighted by Crippen LogP contribution is 2.34. The van der Waals surface area contributed by atoms with Crippen LogP contribution in [-0.2, 0) is 0 Å². The topological polar surface area (TPSA) is 30.5 Å². The van der Waals surface area contributed by atoms with Crippen molar-refractivity contribution in [3.8, 4) is 11.5 Å². The van der Waals surface area contributed by atoms with Crippen molar-refractivity contribution in [2.24, 2.45) is 0 Å². The van der Waals surface area contributed by atoms with Crippen molar-refractivity contribution >= 4 is 17.0 Å². The summed E-state index contributed by atoms with van der Waals surface area (Å²) in [5.74, 6) is 1.65. The Morgan fingerprint density at radius 3 is 2.78 bits per heavy atom. The van der Waals surface area contributed by atoms with Crippen molar-refractivity contribution < 1.29 is 9.47 Å². The molecule has 1 unspecified atom stereocenters. The molecule has 1 atom stereocenters. The lowest BCUT2D eigenvalue weighted by Crippen LogP contribution is -2.15. The van der Waals surface area contributed by atoms with E-state index in [-0.39, 0.29) is 0 Å². The summed E-state index contributed by atoms with van der Waals surface area (Å²) in [5, 5.41) is 5.56. The van der Waals surface area contributed by atoms with Crippen LogP contribution in [0.1, 0.15) is 17.8 Å².